The molecule has 0 unspecified atom stereocenters. The van der Waals surface area contributed by atoms with Crippen molar-refractivity contribution in [1.82, 2.24) is 15.2 Å². The Morgan fingerprint density at radius 2 is 2.24 bits per heavy atom. The van der Waals surface area contributed by atoms with Gasteiger partial charge in [-0.25, -0.2) is 4.98 Å². The molecule has 3 rings (SSSR count). The molecule has 0 bridgehead atoms. The third-order valence-electron chi connectivity index (χ3n) is 3.59. The van der Waals surface area contributed by atoms with Crippen molar-refractivity contribution >= 4 is 11.3 Å². The summed E-state index contributed by atoms with van der Waals surface area (Å²) in [6.07, 6.45) is 2.26. The van der Waals surface area contributed by atoms with Crippen LogP contribution in [0, 0.1) is 0 Å². The molecule has 4 nitrogen and oxygen atoms in total. The Morgan fingerprint density at radius 3 is 3.05 bits per heavy atom. The Morgan fingerprint density at radius 1 is 1.38 bits per heavy atom. The van der Waals surface area contributed by atoms with E-state index in [0.29, 0.717) is 6.10 Å². The zero-order valence-electron chi connectivity index (χ0n) is 12.3. The molecule has 1 fully saturated rings. The molecule has 1 N–H and O–H groups in total. The van der Waals surface area contributed by atoms with Gasteiger partial charge >= 0.3 is 0 Å². The molecule has 1 atom stereocenters. The maximum atomic E-state index is 5.74. The third-order valence-corrected chi connectivity index (χ3v) is 4.63. The average molecular weight is 303 g/mol. The van der Waals surface area contributed by atoms with Crippen molar-refractivity contribution in [2.75, 3.05) is 33.3 Å². The summed E-state index contributed by atoms with van der Waals surface area (Å²) in [7, 11) is 2.14. The van der Waals surface area contributed by atoms with E-state index in [4.69, 9.17) is 4.74 Å². The van der Waals surface area contributed by atoms with Crippen molar-refractivity contribution in [1.29, 1.82) is 0 Å². The van der Waals surface area contributed by atoms with Gasteiger partial charge in [-0.3, -0.25) is 0 Å². The van der Waals surface area contributed by atoms with E-state index in [2.05, 4.69) is 34.4 Å². The molecule has 112 valence electrons. The average Bonchev–Trinajstić information content (AvgIpc) is 2.97. The summed E-state index contributed by atoms with van der Waals surface area (Å²) < 4.78 is 5.74. The van der Waals surface area contributed by atoms with Gasteiger partial charge in [-0.15, -0.1) is 11.3 Å². The van der Waals surface area contributed by atoms with Gasteiger partial charge in [0.25, 0.3) is 0 Å². The standard InChI is InChI=1S/C16H21N3OS/c1-19-7-8-20-14(12-19)9-17-10-15-11-18-16(21-15)13-5-3-2-4-6-13/h2-6,11,14,17H,7-10,12H2,1H3/t14-/m0/s1. The lowest BCUT2D eigenvalue weighted by Crippen LogP contribution is -2.44. The van der Waals surface area contributed by atoms with Crippen LogP contribution < -0.4 is 5.32 Å². The second kappa shape index (κ2) is 7.13. The van der Waals surface area contributed by atoms with Crippen molar-refractivity contribution < 1.29 is 4.74 Å². The van der Waals surface area contributed by atoms with E-state index in [1.165, 1.54) is 10.4 Å². The van der Waals surface area contributed by atoms with Crippen LogP contribution in [-0.4, -0.2) is 49.3 Å². The molecule has 0 amide bonds. The largest absolute Gasteiger partial charge is 0.374 e. The summed E-state index contributed by atoms with van der Waals surface area (Å²) in [5, 5.41) is 4.56. The second-order valence-corrected chi connectivity index (χ2v) is 6.50. The fourth-order valence-electron chi connectivity index (χ4n) is 2.45. The van der Waals surface area contributed by atoms with E-state index in [1.807, 2.05) is 24.4 Å². The van der Waals surface area contributed by atoms with Crippen LogP contribution in [0.5, 0.6) is 0 Å². The fraction of sp³-hybridized carbons (Fsp3) is 0.438. The van der Waals surface area contributed by atoms with Crippen LogP contribution in [0.15, 0.2) is 36.5 Å². The molecule has 21 heavy (non-hydrogen) atoms. The number of thiazole rings is 1. The number of morpholine rings is 1. The molecular formula is C16H21N3OS. The summed E-state index contributed by atoms with van der Waals surface area (Å²) in [5.74, 6) is 0. The van der Waals surface area contributed by atoms with E-state index in [0.717, 1.165) is 37.8 Å². The quantitative estimate of drug-likeness (QED) is 0.919. The van der Waals surface area contributed by atoms with Gasteiger partial charge in [0.15, 0.2) is 0 Å². The fourth-order valence-corrected chi connectivity index (χ4v) is 3.34. The smallest absolute Gasteiger partial charge is 0.123 e. The minimum absolute atomic E-state index is 0.297. The van der Waals surface area contributed by atoms with Gasteiger partial charge in [-0.1, -0.05) is 30.3 Å². The highest BCUT2D eigenvalue weighted by Gasteiger charge is 2.17. The van der Waals surface area contributed by atoms with E-state index >= 15 is 0 Å². The molecule has 1 aliphatic rings. The first kappa shape index (κ1) is 14.7. The molecule has 1 aliphatic heterocycles. The van der Waals surface area contributed by atoms with E-state index < -0.39 is 0 Å². The topological polar surface area (TPSA) is 37.4 Å². The number of likely N-dealkylation sites (N-methyl/N-ethyl adjacent to an activating group) is 1. The Balaban J connectivity index is 1.49. The second-order valence-electron chi connectivity index (χ2n) is 5.38. The van der Waals surface area contributed by atoms with Gasteiger partial charge in [0.2, 0.25) is 0 Å². The maximum absolute atomic E-state index is 5.74. The summed E-state index contributed by atoms with van der Waals surface area (Å²) in [6.45, 7) is 4.62. The molecule has 2 heterocycles. The zero-order chi connectivity index (χ0) is 14.5. The van der Waals surface area contributed by atoms with Gasteiger partial charge in [0, 0.05) is 42.8 Å². The summed E-state index contributed by atoms with van der Waals surface area (Å²) in [6, 6.07) is 10.3. The monoisotopic (exact) mass is 303 g/mol. The Bertz CT molecular complexity index is 558. The van der Waals surface area contributed by atoms with Crippen LogP contribution in [0.4, 0.5) is 0 Å². The van der Waals surface area contributed by atoms with E-state index in [1.54, 1.807) is 11.3 Å². The number of nitrogens with one attached hydrogen (secondary N) is 1. The molecule has 5 heteroatoms. The number of nitrogens with zero attached hydrogens (tertiary/aromatic N) is 2. The molecule has 0 saturated carbocycles. The normalized spacial score (nSPS) is 19.8. The molecule has 2 aromatic rings. The zero-order valence-corrected chi connectivity index (χ0v) is 13.1. The molecule has 1 aromatic heterocycles. The molecule has 0 radical (unpaired) electrons. The molecular weight excluding hydrogens is 282 g/mol. The van der Waals surface area contributed by atoms with Crippen molar-refractivity contribution in [2.45, 2.75) is 12.6 Å². The van der Waals surface area contributed by atoms with Crippen LogP contribution in [0.2, 0.25) is 0 Å². The lowest BCUT2D eigenvalue weighted by Gasteiger charge is -2.30. The minimum atomic E-state index is 0.297. The predicted octanol–water partition coefficient (Wildman–Crippen LogP) is 2.23. The lowest BCUT2D eigenvalue weighted by molar-refractivity contribution is -0.0181. The first-order valence-corrected chi connectivity index (χ1v) is 8.14. The van der Waals surface area contributed by atoms with Crippen LogP contribution in [0.1, 0.15) is 4.88 Å². The van der Waals surface area contributed by atoms with Crippen molar-refractivity contribution in [3.8, 4) is 10.6 Å². The highest BCUT2D eigenvalue weighted by Crippen LogP contribution is 2.24. The van der Waals surface area contributed by atoms with E-state index in [9.17, 15) is 0 Å². The van der Waals surface area contributed by atoms with Gasteiger partial charge in [0.05, 0.1) is 12.7 Å². The SMILES string of the molecule is CN1CCO[C@@H](CNCc2cnc(-c3ccccc3)s2)C1. The Hall–Kier alpha value is -1.27. The van der Waals surface area contributed by atoms with Crippen LogP contribution in [-0.2, 0) is 11.3 Å². The highest BCUT2D eigenvalue weighted by atomic mass is 32.1. The first-order valence-electron chi connectivity index (χ1n) is 7.32. The molecule has 1 aromatic carbocycles. The van der Waals surface area contributed by atoms with Gasteiger partial charge < -0.3 is 15.0 Å². The van der Waals surface area contributed by atoms with Crippen LogP contribution in [0.3, 0.4) is 0 Å². The number of hydrogen-bond acceptors (Lipinski definition) is 5. The van der Waals surface area contributed by atoms with Gasteiger partial charge in [-0.2, -0.15) is 0 Å². The minimum Gasteiger partial charge on any atom is -0.374 e. The number of rotatable bonds is 5. The van der Waals surface area contributed by atoms with Crippen molar-refractivity contribution in [3.05, 3.63) is 41.4 Å². The first-order chi connectivity index (χ1) is 10.3. The number of hydrogen-bond donors (Lipinski definition) is 1. The van der Waals surface area contributed by atoms with E-state index in [-0.39, 0.29) is 0 Å². The molecule has 0 aliphatic carbocycles. The van der Waals surface area contributed by atoms with Gasteiger partial charge in [-0.05, 0) is 7.05 Å². The van der Waals surface area contributed by atoms with Crippen LogP contribution >= 0.6 is 11.3 Å². The Kier molecular flexibility index (Phi) is 4.98. The van der Waals surface area contributed by atoms with Crippen LogP contribution in [0.25, 0.3) is 10.6 Å². The lowest BCUT2D eigenvalue weighted by atomic mass is 10.2. The number of ether oxygens (including phenoxy) is 1. The number of aromatic nitrogens is 1. The third kappa shape index (κ3) is 4.11. The highest BCUT2D eigenvalue weighted by molar-refractivity contribution is 7.15. The molecule has 0 spiro atoms. The summed E-state index contributed by atoms with van der Waals surface area (Å²) in [4.78, 5) is 8.08. The summed E-state index contributed by atoms with van der Waals surface area (Å²) in [5.41, 5.74) is 1.19. The predicted molar refractivity (Wildman–Crippen MR) is 86.5 cm³/mol. The summed E-state index contributed by atoms with van der Waals surface area (Å²) >= 11 is 1.75. The van der Waals surface area contributed by atoms with Crippen molar-refractivity contribution in [3.63, 3.8) is 0 Å². The number of benzene rings is 1. The molecule has 1 saturated heterocycles. The maximum Gasteiger partial charge on any atom is 0.123 e. The van der Waals surface area contributed by atoms with Gasteiger partial charge in [0.1, 0.15) is 5.01 Å². The Labute approximate surface area is 129 Å². The van der Waals surface area contributed by atoms with Crippen molar-refractivity contribution in [2.24, 2.45) is 0 Å².